The van der Waals surface area contributed by atoms with Gasteiger partial charge in [-0.3, -0.25) is 4.79 Å². The van der Waals surface area contributed by atoms with E-state index in [1.54, 1.807) is 11.9 Å². The Balaban J connectivity index is 2.65. The molecule has 4 nitrogen and oxygen atoms in total. The minimum absolute atomic E-state index is 0.0583. The molecule has 1 unspecified atom stereocenters. The van der Waals surface area contributed by atoms with Crippen molar-refractivity contribution in [2.75, 3.05) is 13.7 Å². The minimum Gasteiger partial charge on any atom is -0.494 e. The highest BCUT2D eigenvalue weighted by atomic mass is 16.5. The summed E-state index contributed by atoms with van der Waals surface area (Å²) >= 11 is 0. The van der Waals surface area contributed by atoms with Gasteiger partial charge in [0.15, 0.2) is 0 Å². The molecule has 0 heterocycles. The highest BCUT2D eigenvalue weighted by Gasteiger charge is 2.14. The molecular formula is C15H24N2O2. The molecule has 0 radical (unpaired) electrons. The molecule has 19 heavy (non-hydrogen) atoms. The van der Waals surface area contributed by atoms with Crippen molar-refractivity contribution < 1.29 is 9.53 Å². The predicted molar refractivity (Wildman–Crippen MR) is 77.0 cm³/mol. The SMILES string of the molecule is CCOc1ccccc1CN(C)C(=O)CC(N)CC. The monoisotopic (exact) mass is 264 g/mol. The summed E-state index contributed by atoms with van der Waals surface area (Å²) in [5.74, 6) is 0.907. The third-order valence-electron chi connectivity index (χ3n) is 3.07. The summed E-state index contributed by atoms with van der Waals surface area (Å²) in [5.41, 5.74) is 6.83. The molecule has 106 valence electrons. The lowest BCUT2D eigenvalue weighted by Crippen LogP contribution is -2.32. The average molecular weight is 264 g/mol. The number of carbonyl (C=O) groups is 1. The Morgan fingerprint density at radius 1 is 1.37 bits per heavy atom. The van der Waals surface area contributed by atoms with Gasteiger partial charge < -0.3 is 15.4 Å². The van der Waals surface area contributed by atoms with E-state index in [0.717, 1.165) is 17.7 Å². The number of hydrogen-bond acceptors (Lipinski definition) is 3. The number of amides is 1. The van der Waals surface area contributed by atoms with Crippen molar-refractivity contribution in [1.82, 2.24) is 4.90 Å². The van der Waals surface area contributed by atoms with Gasteiger partial charge in [0.25, 0.3) is 0 Å². The van der Waals surface area contributed by atoms with E-state index in [-0.39, 0.29) is 11.9 Å². The normalized spacial score (nSPS) is 12.0. The number of benzene rings is 1. The quantitative estimate of drug-likeness (QED) is 0.821. The fourth-order valence-corrected chi connectivity index (χ4v) is 1.80. The Bertz CT molecular complexity index is 407. The summed E-state index contributed by atoms with van der Waals surface area (Å²) in [5, 5.41) is 0. The van der Waals surface area contributed by atoms with Gasteiger partial charge in [0.1, 0.15) is 5.75 Å². The van der Waals surface area contributed by atoms with Crippen molar-refractivity contribution in [3.63, 3.8) is 0 Å². The van der Waals surface area contributed by atoms with Crippen LogP contribution < -0.4 is 10.5 Å². The van der Waals surface area contributed by atoms with E-state index in [9.17, 15) is 4.79 Å². The fourth-order valence-electron chi connectivity index (χ4n) is 1.80. The van der Waals surface area contributed by atoms with Crippen molar-refractivity contribution in [2.45, 2.75) is 39.3 Å². The first-order valence-electron chi connectivity index (χ1n) is 6.78. The Kier molecular flexibility index (Phi) is 6.36. The molecule has 0 aliphatic carbocycles. The number of hydrogen-bond donors (Lipinski definition) is 1. The van der Waals surface area contributed by atoms with E-state index >= 15 is 0 Å². The van der Waals surface area contributed by atoms with Gasteiger partial charge in [0, 0.05) is 31.6 Å². The van der Waals surface area contributed by atoms with Crippen LogP contribution in [-0.4, -0.2) is 30.5 Å². The van der Waals surface area contributed by atoms with E-state index in [1.807, 2.05) is 38.1 Å². The fraction of sp³-hybridized carbons (Fsp3) is 0.533. The largest absolute Gasteiger partial charge is 0.494 e. The number of para-hydroxylation sites is 1. The van der Waals surface area contributed by atoms with E-state index < -0.39 is 0 Å². The van der Waals surface area contributed by atoms with Crippen LogP contribution in [0.4, 0.5) is 0 Å². The zero-order valence-electron chi connectivity index (χ0n) is 12.1. The van der Waals surface area contributed by atoms with Gasteiger partial charge in [-0.2, -0.15) is 0 Å². The average Bonchev–Trinajstić information content (AvgIpc) is 2.41. The number of carbonyl (C=O) groups excluding carboxylic acids is 1. The summed E-state index contributed by atoms with van der Waals surface area (Å²) in [6.07, 6.45) is 1.21. The number of rotatable bonds is 7. The lowest BCUT2D eigenvalue weighted by atomic mass is 10.1. The molecule has 4 heteroatoms. The summed E-state index contributed by atoms with van der Waals surface area (Å²) < 4.78 is 5.56. The van der Waals surface area contributed by atoms with Gasteiger partial charge in [-0.05, 0) is 19.4 Å². The van der Waals surface area contributed by atoms with E-state index in [0.29, 0.717) is 19.6 Å². The molecule has 2 N–H and O–H groups in total. The van der Waals surface area contributed by atoms with Gasteiger partial charge in [0.05, 0.1) is 6.61 Å². The van der Waals surface area contributed by atoms with Gasteiger partial charge in [0.2, 0.25) is 5.91 Å². The Hall–Kier alpha value is -1.55. The lowest BCUT2D eigenvalue weighted by molar-refractivity contribution is -0.130. The molecule has 1 aromatic carbocycles. The zero-order chi connectivity index (χ0) is 14.3. The van der Waals surface area contributed by atoms with Crippen molar-refractivity contribution in [1.29, 1.82) is 0 Å². The summed E-state index contributed by atoms with van der Waals surface area (Å²) in [6.45, 7) is 5.11. The van der Waals surface area contributed by atoms with Crippen LogP contribution in [0.15, 0.2) is 24.3 Å². The van der Waals surface area contributed by atoms with Crippen molar-refractivity contribution in [2.24, 2.45) is 5.73 Å². The van der Waals surface area contributed by atoms with Crippen LogP contribution in [0.5, 0.6) is 5.75 Å². The van der Waals surface area contributed by atoms with Crippen LogP contribution in [0.2, 0.25) is 0 Å². The standard InChI is InChI=1S/C15H24N2O2/c1-4-13(16)10-15(18)17(3)11-12-8-6-7-9-14(12)19-5-2/h6-9,13H,4-5,10-11,16H2,1-3H3. The van der Waals surface area contributed by atoms with Gasteiger partial charge >= 0.3 is 0 Å². The van der Waals surface area contributed by atoms with Crippen LogP contribution >= 0.6 is 0 Å². The maximum absolute atomic E-state index is 12.0. The van der Waals surface area contributed by atoms with Crippen LogP contribution in [0.3, 0.4) is 0 Å². The first-order chi connectivity index (χ1) is 9.08. The molecule has 1 atom stereocenters. The zero-order valence-corrected chi connectivity index (χ0v) is 12.1. The molecule has 0 spiro atoms. The van der Waals surface area contributed by atoms with E-state index in [2.05, 4.69) is 0 Å². The van der Waals surface area contributed by atoms with Crippen molar-refractivity contribution in [3.05, 3.63) is 29.8 Å². The summed E-state index contributed by atoms with van der Waals surface area (Å²) in [7, 11) is 1.80. The molecule has 0 fully saturated rings. The molecule has 0 bridgehead atoms. The van der Waals surface area contributed by atoms with Crippen LogP contribution in [-0.2, 0) is 11.3 Å². The highest BCUT2D eigenvalue weighted by molar-refractivity contribution is 5.76. The second kappa shape index (κ2) is 7.79. The Labute approximate surface area is 115 Å². The highest BCUT2D eigenvalue weighted by Crippen LogP contribution is 2.19. The molecule has 0 aliphatic rings. The molecule has 1 rings (SSSR count). The number of nitrogens with two attached hydrogens (primary N) is 1. The first-order valence-corrected chi connectivity index (χ1v) is 6.78. The second-order valence-electron chi connectivity index (χ2n) is 4.66. The molecule has 0 aliphatic heterocycles. The lowest BCUT2D eigenvalue weighted by Gasteiger charge is -2.20. The topological polar surface area (TPSA) is 55.6 Å². The third-order valence-corrected chi connectivity index (χ3v) is 3.07. The summed E-state index contributed by atoms with van der Waals surface area (Å²) in [6, 6.07) is 7.73. The maximum Gasteiger partial charge on any atom is 0.224 e. The minimum atomic E-state index is -0.0583. The van der Waals surface area contributed by atoms with E-state index in [4.69, 9.17) is 10.5 Å². The molecule has 1 aromatic rings. The first kappa shape index (κ1) is 15.5. The van der Waals surface area contributed by atoms with E-state index in [1.165, 1.54) is 0 Å². The molecule has 0 saturated carbocycles. The second-order valence-corrected chi connectivity index (χ2v) is 4.66. The summed E-state index contributed by atoms with van der Waals surface area (Å²) in [4.78, 5) is 13.7. The molecule has 0 saturated heterocycles. The van der Waals surface area contributed by atoms with Crippen LogP contribution in [0, 0.1) is 0 Å². The number of nitrogens with zero attached hydrogens (tertiary/aromatic N) is 1. The molecular weight excluding hydrogens is 240 g/mol. The number of ether oxygens (including phenoxy) is 1. The molecule has 0 aromatic heterocycles. The van der Waals surface area contributed by atoms with Gasteiger partial charge in [-0.1, -0.05) is 25.1 Å². The smallest absolute Gasteiger partial charge is 0.224 e. The van der Waals surface area contributed by atoms with Gasteiger partial charge in [-0.25, -0.2) is 0 Å². The maximum atomic E-state index is 12.0. The van der Waals surface area contributed by atoms with Crippen molar-refractivity contribution >= 4 is 5.91 Å². The predicted octanol–water partition coefficient (Wildman–Crippen LogP) is 2.17. The van der Waals surface area contributed by atoms with Crippen LogP contribution in [0.25, 0.3) is 0 Å². The Morgan fingerprint density at radius 3 is 2.68 bits per heavy atom. The Morgan fingerprint density at radius 2 is 2.05 bits per heavy atom. The third kappa shape index (κ3) is 4.91. The molecule has 1 amide bonds. The van der Waals surface area contributed by atoms with Gasteiger partial charge in [-0.15, -0.1) is 0 Å². The van der Waals surface area contributed by atoms with Crippen LogP contribution in [0.1, 0.15) is 32.3 Å². The van der Waals surface area contributed by atoms with Crippen molar-refractivity contribution in [3.8, 4) is 5.75 Å².